The van der Waals surface area contributed by atoms with E-state index >= 15 is 0 Å². The lowest BCUT2D eigenvalue weighted by atomic mass is 9.80. The second-order valence-corrected chi connectivity index (χ2v) is 20.2. The van der Waals surface area contributed by atoms with Crippen molar-refractivity contribution in [2.24, 2.45) is 0 Å². The van der Waals surface area contributed by atoms with Gasteiger partial charge in [-0.15, -0.1) is 11.3 Å². The van der Waals surface area contributed by atoms with Gasteiger partial charge in [0.25, 0.3) is 0 Å². The Kier molecular flexibility index (Phi) is 6.94. The van der Waals surface area contributed by atoms with E-state index in [1.807, 2.05) is 11.3 Å². The van der Waals surface area contributed by atoms with Crippen molar-refractivity contribution in [2.75, 3.05) is 0 Å². The molecule has 1 heterocycles. The van der Waals surface area contributed by atoms with E-state index in [0.717, 1.165) is 0 Å². The summed E-state index contributed by atoms with van der Waals surface area (Å²) >= 11 is 1.96. The first-order valence-corrected chi connectivity index (χ1v) is 23.2. The van der Waals surface area contributed by atoms with Gasteiger partial charge in [-0.3, -0.25) is 0 Å². The fraction of sp³-hybridized carbons (Fsp3) is 0.0968. The Morgan fingerprint density at radius 3 is 1.43 bits per heavy atom. The van der Waals surface area contributed by atoms with E-state index < -0.39 is 0 Å². The van der Waals surface area contributed by atoms with Crippen molar-refractivity contribution in [2.45, 2.75) is 38.5 Å². The average Bonchev–Trinajstić information content (AvgIpc) is 3.89. The van der Waals surface area contributed by atoms with Crippen molar-refractivity contribution in [1.82, 2.24) is 0 Å². The van der Waals surface area contributed by atoms with Crippen LogP contribution in [0.25, 0.3) is 119 Å². The van der Waals surface area contributed by atoms with Crippen LogP contribution in [0.4, 0.5) is 0 Å². The van der Waals surface area contributed by atoms with Crippen LogP contribution in [0, 0.1) is 0 Å². The molecule has 0 nitrogen and oxygen atoms in total. The lowest BCUT2D eigenvalue weighted by Crippen LogP contribution is -2.14. The zero-order chi connectivity index (χ0) is 41.9. The molecule has 2 aliphatic rings. The molecular formula is C62H42S. The van der Waals surface area contributed by atoms with Gasteiger partial charge < -0.3 is 0 Å². The zero-order valence-electron chi connectivity index (χ0n) is 35.7. The van der Waals surface area contributed by atoms with E-state index in [1.54, 1.807) is 0 Å². The number of benzene rings is 11. The third kappa shape index (κ3) is 4.60. The summed E-state index contributed by atoms with van der Waals surface area (Å²) in [7, 11) is 0. The molecule has 0 amide bonds. The number of hydrogen-bond donors (Lipinski definition) is 0. The van der Waals surface area contributed by atoms with Crippen molar-refractivity contribution in [3.05, 3.63) is 204 Å². The fourth-order valence-corrected chi connectivity index (χ4v) is 13.7. The van der Waals surface area contributed by atoms with Crippen LogP contribution in [0.2, 0.25) is 0 Å². The van der Waals surface area contributed by atoms with Crippen molar-refractivity contribution in [3.8, 4) is 44.5 Å². The highest BCUT2D eigenvalue weighted by Gasteiger charge is 2.38. The molecule has 11 aromatic carbocycles. The maximum absolute atomic E-state index is 2.51. The molecule has 0 atom stereocenters. The molecule has 0 fully saturated rings. The predicted octanol–water partition coefficient (Wildman–Crippen LogP) is 17.8. The summed E-state index contributed by atoms with van der Waals surface area (Å²) in [5.74, 6) is 0. The van der Waals surface area contributed by atoms with Gasteiger partial charge in [0.2, 0.25) is 0 Å². The van der Waals surface area contributed by atoms with Gasteiger partial charge in [-0.2, -0.15) is 0 Å². The molecule has 14 rings (SSSR count). The summed E-state index contributed by atoms with van der Waals surface area (Å²) < 4.78 is 2.76. The van der Waals surface area contributed by atoms with E-state index in [1.165, 1.54) is 141 Å². The molecule has 0 saturated heterocycles. The molecule has 63 heavy (non-hydrogen) atoms. The maximum atomic E-state index is 2.51. The van der Waals surface area contributed by atoms with Crippen LogP contribution in [0.1, 0.15) is 49.9 Å². The quantitative estimate of drug-likeness (QED) is 0.120. The Morgan fingerprint density at radius 2 is 0.794 bits per heavy atom. The van der Waals surface area contributed by atoms with Crippen molar-refractivity contribution < 1.29 is 0 Å². The van der Waals surface area contributed by atoms with Gasteiger partial charge in [0.1, 0.15) is 0 Å². The van der Waals surface area contributed by atoms with Crippen LogP contribution in [0.5, 0.6) is 0 Å². The highest BCUT2D eigenvalue weighted by molar-refractivity contribution is 7.26. The van der Waals surface area contributed by atoms with Gasteiger partial charge in [-0.25, -0.2) is 0 Å². The molecule has 0 N–H and O–H groups in total. The molecule has 0 aliphatic heterocycles. The fourth-order valence-electron chi connectivity index (χ4n) is 12.3. The van der Waals surface area contributed by atoms with E-state index in [-0.39, 0.29) is 10.8 Å². The molecule has 0 spiro atoms. The summed E-state index contributed by atoms with van der Waals surface area (Å²) in [6.45, 7) is 9.62. The second-order valence-electron chi connectivity index (χ2n) is 19.1. The first-order valence-electron chi connectivity index (χ1n) is 22.3. The first-order chi connectivity index (χ1) is 30.8. The van der Waals surface area contributed by atoms with Gasteiger partial charge >= 0.3 is 0 Å². The number of hydrogen-bond acceptors (Lipinski definition) is 1. The Hall–Kier alpha value is -7.06. The van der Waals surface area contributed by atoms with E-state index in [4.69, 9.17) is 0 Å². The number of fused-ring (bicyclic) bond motifs is 18. The minimum Gasteiger partial charge on any atom is -0.135 e. The summed E-state index contributed by atoms with van der Waals surface area (Å²) in [5.41, 5.74) is 16.1. The SMILES string of the molecule is CC1(C)c2ccc(-c3c4ccccc4c(-c4ccc5sc6c7c(ccc6c5c4)-c4ccccc4C7(C)C)c4ccccc34)cc2-c2cc3c4ccccc4c4ccccc4c3cc21. The maximum Gasteiger partial charge on any atom is 0.0402 e. The Labute approximate surface area is 370 Å². The summed E-state index contributed by atoms with van der Waals surface area (Å²) in [5, 5.41) is 15.8. The topological polar surface area (TPSA) is 0 Å². The molecule has 296 valence electrons. The van der Waals surface area contributed by atoms with Gasteiger partial charge in [-0.1, -0.05) is 179 Å². The molecule has 12 aromatic rings. The summed E-state index contributed by atoms with van der Waals surface area (Å²) in [6.07, 6.45) is 0. The van der Waals surface area contributed by atoms with Crippen molar-refractivity contribution in [1.29, 1.82) is 0 Å². The smallest absolute Gasteiger partial charge is 0.0402 e. The van der Waals surface area contributed by atoms with Crippen LogP contribution in [-0.4, -0.2) is 0 Å². The Morgan fingerprint density at radius 1 is 0.302 bits per heavy atom. The predicted molar refractivity (Wildman–Crippen MR) is 273 cm³/mol. The molecular weight excluding hydrogens is 777 g/mol. The van der Waals surface area contributed by atoms with Crippen LogP contribution in [-0.2, 0) is 10.8 Å². The normalized spacial score (nSPS) is 14.6. The number of rotatable bonds is 2. The largest absolute Gasteiger partial charge is 0.135 e. The highest BCUT2D eigenvalue weighted by atomic mass is 32.1. The van der Waals surface area contributed by atoms with Gasteiger partial charge in [0, 0.05) is 31.0 Å². The van der Waals surface area contributed by atoms with Crippen LogP contribution >= 0.6 is 11.3 Å². The Bertz CT molecular complexity index is 3960. The first kappa shape index (κ1) is 35.5. The molecule has 1 heteroatoms. The Balaban J connectivity index is 0.982. The monoisotopic (exact) mass is 818 g/mol. The molecule has 1 aromatic heterocycles. The third-order valence-corrected chi connectivity index (χ3v) is 16.4. The molecule has 0 unspecified atom stereocenters. The third-order valence-electron chi connectivity index (χ3n) is 15.2. The average molecular weight is 819 g/mol. The zero-order valence-corrected chi connectivity index (χ0v) is 36.5. The minimum absolute atomic E-state index is 0.0518. The van der Waals surface area contributed by atoms with Gasteiger partial charge in [0.15, 0.2) is 0 Å². The summed E-state index contributed by atoms with van der Waals surface area (Å²) in [6, 6.07) is 69.5. The summed E-state index contributed by atoms with van der Waals surface area (Å²) in [4.78, 5) is 0. The van der Waals surface area contributed by atoms with E-state index in [2.05, 4.69) is 210 Å². The molecule has 0 radical (unpaired) electrons. The van der Waals surface area contributed by atoms with E-state index in [9.17, 15) is 0 Å². The lowest BCUT2D eigenvalue weighted by Gasteiger charge is -2.23. The van der Waals surface area contributed by atoms with Gasteiger partial charge in [-0.05, 0) is 151 Å². The van der Waals surface area contributed by atoms with E-state index in [0.29, 0.717) is 0 Å². The number of thiophene rings is 1. The van der Waals surface area contributed by atoms with Crippen LogP contribution in [0.3, 0.4) is 0 Å². The standard InChI is InChI=1S/C62H42S/c1-61(2)54-29-25-35(31-50(54)51-33-48-39-17-7-5-15-37(39)38-16-6-8-18-40(38)49(48)34-55(51)61)57-42-20-9-11-22-44(42)58(45-23-12-10-21-43(45)57)36-26-30-56-52(32-36)47-28-27-46-41-19-13-14-24-53(41)62(3,4)59(46)60(47)63-56/h5-34H,1-4H3. The second kappa shape index (κ2) is 12.3. The minimum atomic E-state index is -0.136. The van der Waals surface area contributed by atoms with Crippen molar-refractivity contribution in [3.63, 3.8) is 0 Å². The molecule has 2 aliphatic carbocycles. The molecule has 0 bridgehead atoms. The van der Waals surface area contributed by atoms with Gasteiger partial charge in [0.05, 0.1) is 0 Å². The lowest BCUT2D eigenvalue weighted by molar-refractivity contribution is 0.661. The molecule has 0 saturated carbocycles. The van der Waals surface area contributed by atoms with Crippen molar-refractivity contribution >= 4 is 85.4 Å². The van der Waals surface area contributed by atoms with Crippen LogP contribution < -0.4 is 0 Å². The van der Waals surface area contributed by atoms with Crippen LogP contribution in [0.15, 0.2) is 182 Å². The highest BCUT2D eigenvalue weighted by Crippen LogP contribution is 2.56.